The molecule has 10 heteroatoms. The van der Waals surface area contributed by atoms with Gasteiger partial charge in [0.25, 0.3) is 0 Å². The molecular formula is C27H40NO7PS. The van der Waals surface area contributed by atoms with Gasteiger partial charge in [-0.3, -0.25) is 9.88 Å². The quantitative estimate of drug-likeness (QED) is 0.297. The van der Waals surface area contributed by atoms with Crippen LogP contribution >= 0.6 is 7.60 Å². The molecule has 37 heavy (non-hydrogen) atoms. The van der Waals surface area contributed by atoms with E-state index in [1.807, 2.05) is 37.3 Å². The second-order valence-corrected chi connectivity index (χ2v) is 13.2. The number of fused-ring (bicyclic) bond motifs is 1. The third-order valence-electron chi connectivity index (χ3n) is 6.71. The van der Waals surface area contributed by atoms with E-state index in [-0.39, 0.29) is 42.0 Å². The minimum atomic E-state index is -3.72. The van der Waals surface area contributed by atoms with Gasteiger partial charge in [-0.15, -0.1) is 0 Å². The summed E-state index contributed by atoms with van der Waals surface area (Å²) in [6, 6.07) is 12.7. The molecule has 0 radical (unpaired) electrons. The van der Waals surface area contributed by atoms with Crippen LogP contribution in [0.4, 0.5) is 0 Å². The van der Waals surface area contributed by atoms with Crippen molar-refractivity contribution in [3.63, 3.8) is 0 Å². The van der Waals surface area contributed by atoms with Crippen molar-refractivity contribution in [3.05, 3.63) is 53.6 Å². The van der Waals surface area contributed by atoms with Crippen LogP contribution in [-0.4, -0.2) is 46.4 Å². The fourth-order valence-corrected chi connectivity index (χ4v) is 8.24. The minimum absolute atomic E-state index is 0.0328. The molecule has 2 aromatic carbocycles. The van der Waals surface area contributed by atoms with Crippen LogP contribution in [0.5, 0.6) is 11.5 Å². The van der Waals surface area contributed by atoms with Crippen molar-refractivity contribution in [2.45, 2.75) is 69.9 Å². The Morgan fingerprint density at radius 3 is 2.27 bits per heavy atom. The fourth-order valence-electron chi connectivity index (χ4n) is 4.79. The standard InChI is InChI=1S/C27H40NO7PS/c1-6-10-16-27(7-2)19-37(30,31)25-18-24(33-20-36(29,34-8-3)35-9-4)23(32-5)17-22(25)26(28-27)21-14-12-11-13-15-21/h11-15,17-18,26,28H,6-10,16,19-20H2,1-5H3/t26-,27-/m1/s1. The van der Waals surface area contributed by atoms with Gasteiger partial charge < -0.3 is 18.5 Å². The summed E-state index contributed by atoms with van der Waals surface area (Å²) in [4.78, 5) is 0.180. The molecule has 0 amide bonds. The Morgan fingerprint density at radius 1 is 1.03 bits per heavy atom. The molecule has 0 spiro atoms. The number of benzene rings is 2. The first kappa shape index (κ1) is 29.7. The SMILES string of the molecule is CCCC[C@]1(CC)CS(=O)(=O)c2cc(OCP(=O)(OCC)OCC)c(OC)cc2[C@@H](c2ccccc2)N1. The summed E-state index contributed by atoms with van der Waals surface area (Å²) in [5.74, 6) is 0.484. The number of methoxy groups -OCH3 is 1. The second-order valence-electron chi connectivity index (χ2n) is 9.25. The van der Waals surface area contributed by atoms with Gasteiger partial charge in [0.2, 0.25) is 0 Å². The van der Waals surface area contributed by atoms with E-state index in [0.29, 0.717) is 17.7 Å². The van der Waals surface area contributed by atoms with E-state index in [0.717, 1.165) is 24.8 Å². The summed E-state index contributed by atoms with van der Waals surface area (Å²) in [5, 5.41) is 3.74. The van der Waals surface area contributed by atoms with Crippen LogP contribution in [0.1, 0.15) is 70.5 Å². The molecule has 2 atom stereocenters. The number of sulfone groups is 1. The van der Waals surface area contributed by atoms with Crippen LogP contribution in [-0.2, 0) is 23.4 Å². The Morgan fingerprint density at radius 2 is 1.70 bits per heavy atom. The van der Waals surface area contributed by atoms with Crippen molar-refractivity contribution in [3.8, 4) is 11.5 Å². The number of unbranched alkanes of at least 4 members (excludes halogenated alkanes) is 1. The predicted octanol–water partition coefficient (Wildman–Crippen LogP) is 6.10. The Bertz CT molecular complexity index is 1180. The summed E-state index contributed by atoms with van der Waals surface area (Å²) in [6.45, 7) is 7.96. The lowest BCUT2D eigenvalue weighted by Gasteiger charge is -2.36. The predicted molar refractivity (Wildman–Crippen MR) is 145 cm³/mol. The van der Waals surface area contributed by atoms with Gasteiger partial charge >= 0.3 is 7.60 Å². The van der Waals surface area contributed by atoms with E-state index >= 15 is 0 Å². The summed E-state index contributed by atoms with van der Waals surface area (Å²) >= 11 is 0. The monoisotopic (exact) mass is 553 g/mol. The molecule has 1 aliphatic heterocycles. The first-order chi connectivity index (χ1) is 17.7. The highest BCUT2D eigenvalue weighted by atomic mass is 32.2. The number of hydrogen-bond donors (Lipinski definition) is 1. The third-order valence-corrected chi connectivity index (χ3v) is 10.4. The Hall–Kier alpha value is -1.90. The lowest BCUT2D eigenvalue weighted by atomic mass is 9.88. The molecule has 0 aliphatic carbocycles. The Labute approximate surface area is 221 Å². The summed E-state index contributed by atoms with van der Waals surface area (Å²) in [5.41, 5.74) is 0.963. The topological polar surface area (TPSA) is 100 Å². The molecule has 0 fully saturated rings. The normalized spacial score (nSPS) is 21.2. The molecule has 0 bridgehead atoms. The molecule has 0 saturated heterocycles. The molecular weight excluding hydrogens is 513 g/mol. The molecule has 1 aliphatic rings. The average Bonchev–Trinajstić information content (AvgIpc) is 2.98. The van der Waals surface area contributed by atoms with E-state index < -0.39 is 23.0 Å². The molecule has 1 N–H and O–H groups in total. The Kier molecular flexibility index (Phi) is 10.2. The number of hydrogen-bond acceptors (Lipinski definition) is 8. The molecule has 8 nitrogen and oxygen atoms in total. The molecule has 1 heterocycles. The van der Waals surface area contributed by atoms with Crippen LogP contribution < -0.4 is 14.8 Å². The Balaban J connectivity index is 2.15. The summed E-state index contributed by atoms with van der Waals surface area (Å²) < 4.78 is 63.0. The number of nitrogens with one attached hydrogen (secondary N) is 1. The van der Waals surface area contributed by atoms with Gasteiger partial charge in [-0.2, -0.15) is 0 Å². The van der Waals surface area contributed by atoms with Crippen molar-refractivity contribution >= 4 is 17.4 Å². The number of rotatable bonds is 13. The van der Waals surface area contributed by atoms with Crippen molar-refractivity contribution in [1.29, 1.82) is 0 Å². The van der Waals surface area contributed by atoms with Gasteiger partial charge in [-0.25, -0.2) is 8.42 Å². The van der Waals surface area contributed by atoms with E-state index in [2.05, 4.69) is 12.2 Å². The zero-order valence-corrected chi connectivity index (χ0v) is 24.2. The van der Waals surface area contributed by atoms with Crippen molar-refractivity contribution in [2.75, 3.05) is 32.4 Å². The van der Waals surface area contributed by atoms with Crippen LogP contribution in [0, 0.1) is 0 Å². The molecule has 0 saturated carbocycles. The highest BCUT2D eigenvalue weighted by Gasteiger charge is 2.42. The van der Waals surface area contributed by atoms with Crippen LogP contribution in [0.25, 0.3) is 0 Å². The highest BCUT2D eigenvalue weighted by Crippen LogP contribution is 2.49. The first-order valence-corrected chi connectivity index (χ1v) is 16.3. The zero-order chi connectivity index (χ0) is 27.1. The number of ether oxygens (including phenoxy) is 2. The first-order valence-electron chi connectivity index (χ1n) is 12.9. The van der Waals surface area contributed by atoms with Crippen molar-refractivity contribution < 1.29 is 31.5 Å². The lowest BCUT2D eigenvalue weighted by molar-refractivity contribution is 0.195. The van der Waals surface area contributed by atoms with E-state index in [1.165, 1.54) is 13.2 Å². The third kappa shape index (κ3) is 6.95. The van der Waals surface area contributed by atoms with E-state index in [4.69, 9.17) is 18.5 Å². The van der Waals surface area contributed by atoms with Crippen molar-refractivity contribution in [2.24, 2.45) is 0 Å². The minimum Gasteiger partial charge on any atom is -0.493 e. The summed E-state index contributed by atoms with van der Waals surface area (Å²) in [6.07, 6.45) is 2.92. The molecule has 206 valence electrons. The van der Waals surface area contributed by atoms with Crippen LogP contribution in [0.3, 0.4) is 0 Å². The summed E-state index contributed by atoms with van der Waals surface area (Å²) in [7, 11) is -5.75. The second kappa shape index (κ2) is 12.8. The van der Waals surface area contributed by atoms with Crippen LogP contribution in [0.15, 0.2) is 47.4 Å². The van der Waals surface area contributed by atoms with Gasteiger partial charge in [0.1, 0.15) is 0 Å². The zero-order valence-electron chi connectivity index (χ0n) is 22.5. The molecule has 3 rings (SSSR count). The van der Waals surface area contributed by atoms with E-state index in [1.54, 1.807) is 19.9 Å². The van der Waals surface area contributed by atoms with Gasteiger partial charge in [0, 0.05) is 11.6 Å². The van der Waals surface area contributed by atoms with Crippen LogP contribution in [0.2, 0.25) is 0 Å². The van der Waals surface area contributed by atoms with Gasteiger partial charge in [0.05, 0.1) is 37.0 Å². The largest absolute Gasteiger partial charge is 0.493 e. The molecule has 0 unspecified atom stereocenters. The smallest absolute Gasteiger partial charge is 0.367 e. The van der Waals surface area contributed by atoms with E-state index in [9.17, 15) is 13.0 Å². The van der Waals surface area contributed by atoms with Gasteiger partial charge in [-0.05, 0) is 43.9 Å². The fraction of sp³-hybridized carbons (Fsp3) is 0.556. The lowest BCUT2D eigenvalue weighted by Crippen LogP contribution is -2.50. The van der Waals surface area contributed by atoms with Crippen molar-refractivity contribution in [1.82, 2.24) is 5.32 Å². The van der Waals surface area contributed by atoms with Gasteiger partial charge in [0.15, 0.2) is 27.7 Å². The maximum Gasteiger partial charge on any atom is 0.367 e. The average molecular weight is 554 g/mol. The maximum atomic E-state index is 13.9. The highest BCUT2D eigenvalue weighted by molar-refractivity contribution is 7.91. The molecule has 2 aromatic rings. The van der Waals surface area contributed by atoms with Gasteiger partial charge in [-0.1, -0.05) is 57.0 Å². The molecule has 0 aromatic heterocycles. The maximum absolute atomic E-state index is 13.9.